The van der Waals surface area contributed by atoms with Crippen LogP contribution in [0.4, 0.5) is 8.78 Å². The Hall–Kier alpha value is -2.76. The maximum Gasteiger partial charge on any atom is 0.337 e. The molecule has 2 aromatic carbocycles. The summed E-state index contributed by atoms with van der Waals surface area (Å²) in [6.07, 6.45) is 1.22. The van der Waals surface area contributed by atoms with Crippen LogP contribution in [0, 0.1) is 18.6 Å². The first-order chi connectivity index (χ1) is 10.0. The fraction of sp³-hybridized carbons (Fsp3) is 0.0667. The number of hydrogen-bond donors (Lipinski definition) is 1. The van der Waals surface area contributed by atoms with Gasteiger partial charge in [-0.05, 0) is 30.7 Å². The predicted molar refractivity (Wildman–Crippen MR) is 72.7 cm³/mol. The van der Waals surface area contributed by atoms with E-state index in [4.69, 9.17) is 0 Å². The van der Waals surface area contributed by atoms with Crippen molar-refractivity contribution >= 4 is 17.0 Å². The van der Waals surface area contributed by atoms with E-state index in [1.54, 1.807) is 6.07 Å². The molecule has 0 atom stereocenters. The minimum atomic E-state index is -1.18. The van der Waals surface area contributed by atoms with Gasteiger partial charge in [-0.25, -0.2) is 18.6 Å². The molecule has 3 aromatic rings. The lowest BCUT2D eigenvalue weighted by molar-refractivity contribution is 0.0698. The van der Waals surface area contributed by atoms with Crippen molar-refractivity contribution in [3.05, 3.63) is 59.4 Å². The summed E-state index contributed by atoms with van der Waals surface area (Å²) in [4.78, 5) is 15.3. The maximum absolute atomic E-state index is 14.3. The minimum Gasteiger partial charge on any atom is -0.478 e. The lowest BCUT2D eigenvalue weighted by Gasteiger charge is -2.10. The van der Waals surface area contributed by atoms with E-state index in [2.05, 4.69) is 4.98 Å². The van der Waals surface area contributed by atoms with Crippen molar-refractivity contribution in [2.75, 3.05) is 0 Å². The zero-order valence-corrected chi connectivity index (χ0v) is 11.0. The summed E-state index contributed by atoms with van der Waals surface area (Å²) < 4.78 is 29.4. The van der Waals surface area contributed by atoms with E-state index in [9.17, 15) is 18.7 Å². The first-order valence-electron chi connectivity index (χ1n) is 6.15. The Bertz CT molecular complexity index is 871. The average Bonchev–Trinajstić information content (AvgIpc) is 2.87. The van der Waals surface area contributed by atoms with Crippen molar-refractivity contribution in [2.45, 2.75) is 6.92 Å². The second-order valence-electron chi connectivity index (χ2n) is 4.62. The number of aromatic nitrogens is 2. The summed E-state index contributed by atoms with van der Waals surface area (Å²) >= 11 is 0. The van der Waals surface area contributed by atoms with E-state index in [1.165, 1.54) is 31.5 Å². The van der Waals surface area contributed by atoms with Gasteiger partial charge in [0.25, 0.3) is 0 Å². The number of benzene rings is 2. The molecular weight excluding hydrogens is 278 g/mol. The van der Waals surface area contributed by atoms with Gasteiger partial charge in [0.05, 0.1) is 16.6 Å². The van der Waals surface area contributed by atoms with E-state index in [-0.39, 0.29) is 22.3 Å². The van der Waals surface area contributed by atoms with Crippen LogP contribution in [-0.4, -0.2) is 20.6 Å². The summed E-state index contributed by atoms with van der Waals surface area (Å²) in [5.74, 6) is -2.71. The van der Waals surface area contributed by atoms with Gasteiger partial charge in [-0.15, -0.1) is 0 Å². The monoisotopic (exact) mass is 288 g/mol. The molecule has 0 saturated heterocycles. The van der Waals surface area contributed by atoms with Crippen molar-refractivity contribution in [3.8, 4) is 5.69 Å². The number of carbonyl (C=O) groups is 1. The highest BCUT2D eigenvalue weighted by Crippen LogP contribution is 2.27. The molecule has 0 aliphatic heterocycles. The smallest absolute Gasteiger partial charge is 0.337 e. The average molecular weight is 288 g/mol. The molecule has 1 N–H and O–H groups in total. The SMILES string of the molecule is Cc1ccc(F)c(-n2cnc3cccc(C(=O)O)c32)c1F. The molecule has 0 aliphatic carbocycles. The fourth-order valence-corrected chi connectivity index (χ4v) is 2.27. The molecule has 106 valence electrons. The number of nitrogens with zero attached hydrogens (tertiary/aromatic N) is 2. The van der Waals surface area contributed by atoms with Crippen molar-refractivity contribution in [3.63, 3.8) is 0 Å². The molecule has 0 saturated carbocycles. The van der Waals surface area contributed by atoms with Crippen LogP contribution in [0.2, 0.25) is 0 Å². The van der Waals surface area contributed by atoms with Crippen LogP contribution in [-0.2, 0) is 0 Å². The Morgan fingerprint density at radius 3 is 2.71 bits per heavy atom. The number of halogens is 2. The Morgan fingerprint density at radius 2 is 2.00 bits per heavy atom. The van der Waals surface area contributed by atoms with E-state index in [1.807, 2.05) is 0 Å². The maximum atomic E-state index is 14.3. The summed E-state index contributed by atoms with van der Waals surface area (Å²) in [5, 5.41) is 9.24. The standard InChI is InChI=1S/C15H10F2N2O2/c1-8-5-6-10(16)14(12(8)17)19-7-18-11-4-2-3-9(13(11)19)15(20)21/h2-7H,1H3,(H,20,21). The Kier molecular flexibility index (Phi) is 2.94. The van der Waals surface area contributed by atoms with E-state index < -0.39 is 17.6 Å². The highest BCUT2D eigenvalue weighted by Gasteiger charge is 2.19. The first-order valence-corrected chi connectivity index (χ1v) is 6.15. The lowest BCUT2D eigenvalue weighted by atomic mass is 10.1. The number of fused-ring (bicyclic) bond motifs is 1. The number of imidazole rings is 1. The largest absolute Gasteiger partial charge is 0.478 e. The third-order valence-electron chi connectivity index (χ3n) is 3.30. The second kappa shape index (κ2) is 4.66. The van der Waals surface area contributed by atoms with Crippen molar-refractivity contribution in [1.82, 2.24) is 9.55 Å². The second-order valence-corrected chi connectivity index (χ2v) is 4.62. The number of carboxylic acids is 1. The Balaban J connectivity index is 2.42. The zero-order valence-electron chi connectivity index (χ0n) is 11.0. The molecule has 6 heteroatoms. The van der Waals surface area contributed by atoms with Crippen LogP contribution in [0.15, 0.2) is 36.7 Å². The molecular formula is C15H10F2N2O2. The Morgan fingerprint density at radius 1 is 1.24 bits per heavy atom. The molecule has 0 fully saturated rings. The summed E-state index contributed by atoms with van der Waals surface area (Å²) in [7, 11) is 0. The minimum absolute atomic E-state index is 0.0645. The Labute approximate surface area is 118 Å². The molecule has 0 radical (unpaired) electrons. The molecule has 4 nitrogen and oxygen atoms in total. The van der Waals surface area contributed by atoms with Crippen molar-refractivity contribution < 1.29 is 18.7 Å². The van der Waals surface area contributed by atoms with Crippen LogP contribution in [0.3, 0.4) is 0 Å². The van der Waals surface area contributed by atoms with Crippen LogP contribution in [0.1, 0.15) is 15.9 Å². The number of hydrogen-bond acceptors (Lipinski definition) is 2. The lowest BCUT2D eigenvalue weighted by Crippen LogP contribution is -2.06. The highest BCUT2D eigenvalue weighted by molar-refractivity contribution is 6.01. The molecule has 3 rings (SSSR count). The number of aryl methyl sites for hydroxylation is 1. The van der Waals surface area contributed by atoms with Gasteiger partial charge in [-0.3, -0.25) is 4.57 Å². The zero-order chi connectivity index (χ0) is 15.1. The van der Waals surface area contributed by atoms with Crippen molar-refractivity contribution in [2.24, 2.45) is 0 Å². The summed E-state index contributed by atoms with van der Waals surface area (Å²) in [5.41, 5.74) is 0.390. The van der Waals surface area contributed by atoms with Gasteiger partial charge in [-0.1, -0.05) is 12.1 Å². The highest BCUT2D eigenvalue weighted by atomic mass is 19.1. The van der Waals surface area contributed by atoms with Crippen LogP contribution >= 0.6 is 0 Å². The third-order valence-corrected chi connectivity index (χ3v) is 3.30. The van der Waals surface area contributed by atoms with Crippen LogP contribution < -0.4 is 0 Å². The topological polar surface area (TPSA) is 55.1 Å². The van der Waals surface area contributed by atoms with Gasteiger partial charge in [0.2, 0.25) is 0 Å². The number of rotatable bonds is 2. The molecule has 0 amide bonds. The molecule has 21 heavy (non-hydrogen) atoms. The van der Waals surface area contributed by atoms with Gasteiger partial charge in [-0.2, -0.15) is 0 Å². The van der Waals surface area contributed by atoms with Gasteiger partial charge in [0.1, 0.15) is 17.8 Å². The molecule has 1 aromatic heterocycles. The van der Waals surface area contributed by atoms with Crippen molar-refractivity contribution in [1.29, 1.82) is 0 Å². The van der Waals surface area contributed by atoms with Gasteiger partial charge in [0.15, 0.2) is 5.82 Å². The quantitative estimate of drug-likeness (QED) is 0.787. The molecule has 0 spiro atoms. The fourth-order valence-electron chi connectivity index (χ4n) is 2.27. The number of para-hydroxylation sites is 1. The van der Waals surface area contributed by atoms with Gasteiger partial charge >= 0.3 is 5.97 Å². The molecule has 1 heterocycles. The molecule has 0 unspecified atom stereocenters. The van der Waals surface area contributed by atoms with Crippen LogP contribution in [0.5, 0.6) is 0 Å². The number of aromatic carboxylic acids is 1. The van der Waals surface area contributed by atoms with Crippen LogP contribution in [0.25, 0.3) is 16.7 Å². The molecule has 0 bridgehead atoms. The van der Waals surface area contributed by atoms with Gasteiger partial charge in [0, 0.05) is 0 Å². The van der Waals surface area contributed by atoms with E-state index in [0.717, 1.165) is 10.6 Å². The summed E-state index contributed by atoms with van der Waals surface area (Å²) in [6.45, 7) is 1.51. The van der Waals surface area contributed by atoms with Gasteiger partial charge < -0.3 is 5.11 Å². The third kappa shape index (κ3) is 1.96. The normalized spacial score (nSPS) is 11.0. The number of carboxylic acid groups (broad SMARTS) is 1. The van der Waals surface area contributed by atoms with E-state index in [0.29, 0.717) is 5.52 Å². The summed E-state index contributed by atoms with van der Waals surface area (Å²) in [6, 6.07) is 6.96. The first kappa shape index (κ1) is 13.2. The molecule has 0 aliphatic rings. The van der Waals surface area contributed by atoms with E-state index >= 15 is 0 Å². The predicted octanol–water partition coefficient (Wildman–Crippen LogP) is 3.31.